The Bertz CT molecular complexity index is 1330. The maximum atomic E-state index is 11.2. The van der Waals surface area contributed by atoms with Crippen molar-refractivity contribution in [1.82, 2.24) is 15.5 Å². The third kappa shape index (κ3) is 26.7. The highest BCUT2D eigenvalue weighted by Gasteiger charge is 2.67. The predicted octanol–water partition coefficient (Wildman–Crippen LogP) is 12.7. The lowest BCUT2D eigenvalue weighted by atomic mass is 9.70. The van der Waals surface area contributed by atoms with Gasteiger partial charge in [0.1, 0.15) is 6.29 Å². The summed E-state index contributed by atoms with van der Waals surface area (Å²) in [6, 6.07) is 0.806. The molecule has 0 aromatic heterocycles. The van der Waals surface area contributed by atoms with Crippen LogP contribution in [0, 0.1) is 46.3 Å². The van der Waals surface area contributed by atoms with Crippen LogP contribution in [0.4, 0.5) is 0 Å². The van der Waals surface area contributed by atoms with Gasteiger partial charge in [0.05, 0.1) is 6.04 Å². The maximum Gasteiger partial charge on any atom is 0.158 e. The zero-order chi connectivity index (χ0) is 50.6. The van der Waals surface area contributed by atoms with E-state index in [4.69, 9.17) is 16.3 Å². The summed E-state index contributed by atoms with van der Waals surface area (Å²) >= 11 is 0. The minimum atomic E-state index is 0.0274. The number of hydrogen-bond donors (Lipinski definition) is 5. The minimum absolute atomic E-state index is 0.0274. The molecule has 3 fully saturated rings. The fourth-order valence-corrected chi connectivity index (χ4v) is 8.83. The van der Waals surface area contributed by atoms with Crippen molar-refractivity contribution in [2.45, 2.75) is 186 Å². The van der Waals surface area contributed by atoms with Crippen molar-refractivity contribution in [3.8, 4) is 0 Å². The molecule has 1 heterocycles. The molecule has 64 heavy (non-hydrogen) atoms. The molecule has 0 aromatic rings. The highest BCUT2D eigenvalue weighted by Crippen LogP contribution is 2.66. The number of ketones is 1. The van der Waals surface area contributed by atoms with Crippen LogP contribution in [-0.2, 0) is 9.59 Å². The van der Waals surface area contributed by atoms with Gasteiger partial charge in [-0.25, -0.2) is 0 Å². The first-order chi connectivity index (χ1) is 30.2. The third-order valence-electron chi connectivity index (χ3n) is 12.4. The minimum Gasteiger partial charge on any atom is -0.401 e. The molecule has 1 saturated heterocycles. The molecule has 4 rings (SSSR count). The van der Waals surface area contributed by atoms with Crippen molar-refractivity contribution in [2.24, 2.45) is 63.5 Å². The number of nitrogens with one attached hydrogen (secondary N) is 2. The molecular formula is C56H108N6O2. The molecule has 1 aliphatic heterocycles. The summed E-state index contributed by atoms with van der Waals surface area (Å²) < 4.78 is 0. The van der Waals surface area contributed by atoms with Gasteiger partial charge in [-0.05, 0) is 118 Å². The normalized spacial score (nSPS) is 23.2. The number of hydrogen-bond acceptors (Lipinski definition) is 8. The molecule has 2 saturated carbocycles. The van der Waals surface area contributed by atoms with Gasteiger partial charge in [0.25, 0.3) is 0 Å². The van der Waals surface area contributed by atoms with E-state index in [0.29, 0.717) is 58.5 Å². The monoisotopic (exact) mass is 897 g/mol. The van der Waals surface area contributed by atoms with Crippen molar-refractivity contribution in [3.63, 3.8) is 0 Å². The van der Waals surface area contributed by atoms with Crippen molar-refractivity contribution >= 4 is 12.1 Å². The molecule has 0 aromatic carbocycles. The van der Waals surface area contributed by atoms with E-state index in [0.717, 1.165) is 43.1 Å². The van der Waals surface area contributed by atoms with Gasteiger partial charge in [-0.2, -0.15) is 0 Å². The first-order valence-electron chi connectivity index (χ1n) is 25.0. The van der Waals surface area contributed by atoms with Gasteiger partial charge in [0, 0.05) is 43.0 Å². The summed E-state index contributed by atoms with van der Waals surface area (Å²) in [7, 11) is 3.39. The topological polar surface area (TPSA) is 140 Å². The number of Topliss-reactive ketones (excluding diaryl/α,β-unsaturated/α-hetero) is 1. The molecule has 9 atom stereocenters. The molecule has 0 amide bonds. The number of likely N-dealkylation sites (tertiary alicyclic amines) is 1. The Morgan fingerprint density at radius 2 is 1.52 bits per heavy atom. The largest absolute Gasteiger partial charge is 0.401 e. The molecule has 0 spiro atoms. The van der Waals surface area contributed by atoms with Gasteiger partial charge in [-0.15, -0.1) is 6.58 Å². The van der Waals surface area contributed by atoms with Crippen LogP contribution < -0.4 is 27.8 Å². The van der Waals surface area contributed by atoms with Crippen molar-refractivity contribution in [3.05, 3.63) is 86.4 Å². The number of carbonyl (C=O) groups excluding carboxylic acids is 2. The van der Waals surface area contributed by atoms with Crippen LogP contribution in [-0.4, -0.2) is 62.3 Å². The Kier molecular flexibility index (Phi) is 41.1. The Morgan fingerprint density at radius 3 is 1.95 bits per heavy atom. The van der Waals surface area contributed by atoms with Crippen LogP contribution in [0.2, 0.25) is 0 Å². The lowest BCUT2D eigenvalue weighted by molar-refractivity contribution is -0.116. The average Bonchev–Trinajstić information content (AvgIpc) is 3.54. The Morgan fingerprint density at radius 1 is 0.969 bits per heavy atom. The van der Waals surface area contributed by atoms with Gasteiger partial charge in [-0.1, -0.05) is 172 Å². The molecule has 2 bridgehead atoms. The number of nitrogens with zero attached hydrogens (tertiary/aromatic N) is 1. The summed E-state index contributed by atoms with van der Waals surface area (Å²) in [5.74, 6) is 3.97. The standard InChI is InChI=1S/C23H35N3.C11H23N.C11H20O.C4H9N.C2H4O.2C2H6.CH5N/c1-14(24)22-20-19(23(20,3)4)13-26(22)15(2)21(25)18-11-16-8-6-5-7-9-17(10-16)12-18;1-6-8-9-10(12-7-2)11(3,4)5;1-5-6-7-10(4)8-11(12)9(2)3;1-3-4-5-2;1-2-3;3*1-2/h5-8,16-22H,1-2,9-13,24-25H2,3-4H3;7,10,12H,2,6,8-9H2,1,3-5H3;10H,2,5-8H2,1,3-4H3;3,5H,1,4H2,2H3;2H,1H3;2*1-2H3;2H2,1H3/b7-5?,8-6-;;;;;;;/t16?,17?,18?,19-,20-,21?,22?;;;;;;;/m0......./s1. The second kappa shape index (κ2) is 39.0. The fourth-order valence-electron chi connectivity index (χ4n) is 8.83. The Hall–Kier alpha value is -3.20. The van der Waals surface area contributed by atoms with Crippen molar-refractivity contribution in [1.29, 1.82) is 0 Å². The lowest BCUT2D eigenvalue weighted by Crippen LogP contribution is -2.47. The molecule has 4 aliphatic rings. The second-order valence-corrected chi connectivity index (χ2v) is 19.0. The Balaban J connectivity index is -0.000000401. The van der Waals surface area contributed by atoms with E-state index in [1.165, 1.54) is 71.8 Å². The molecular weight excluding hydrogens is 789 g/mol. The van der Waals surface area contributed by atoms with Crippen LogP contribution in [0.1, 0.15) is 168 Å². The highest BCUT2D eigenvalue weighted by atomic mass is 16.1. The molecule has 374 valence electrons. The second-order valence-electron chi connectivity index (χ2n) is 19.0. The number of piperidine rings is 1. The van der Waals surface area contributed by atoms with E-state index in [1.807, 2.05) is 47.0 Å². The summed E-state index contributed by atoms with van der Waals surface area (Å²) in [6.07, 6.45) is 26.5. The molecule has 8 N–H and O–H groups in total. The number of fused-ring (bicyclic) bond motifs is 3. The van der Waals surface area contributed by atoms with Gasteiger partial charge in [0.15, 0.2) is 5.78 Å². The van der Waals surface area contributed by atoms with E-state index in [2.05, 4.69) is 134 Å². The molecule has 3 aliphatic carbocycles. The van der Waals surface area contributed by atoms with E-state index in [9.17, 15) is 4.79 Å². The van der Waals surface area contributed by atoms with Gasteiger partial charge >= 0.3 is 0 Å². The summed E-state index contributed by atoms with van der Waals surface area (Å²) in [6.45, 7) is 50.6. The summed E-state index contributed by atoms with van der Waals surface area (Å²) in [5.41, 5.74) is 20.8. The van der Waals surface area contributed by atoms with Crippen LogP contribution in [0.15, 0.2) is 86.4 Å². The summed E-state index contributed by atoms with van der Waals surface area (Å²) in [5, 5.41) is 6.22. The first-order valence-corrected chi connectivity index (χ1v) is 25.0. The van der Waals surface area contributed by atoms with Crippen molar-refractivity contribution in [2.75, 3.05) is 27.2 Å². The third-order valence-corrected chi connectivity index (χ3v) is 12.4. The maximum absolute atomic E-state index is 11.2. The van der Waals surface area contributed by atoms with Crippen LogP contribution in [0.5, 0.6) is 0 Å². The number of unbranched alkanes of at least 4 members (excludes halogenated alkanes) is 2. The molecule has 7 unspecified atom stereocenters. The summed E-state index contributed by atoms with van der Waals surface area (Å²) in [4.78, 5) is 22.4. The van der Waals surface area contributed by atoms with Gasteiger partial charge in [-0.3, -0.25) is 4.79 Å². The number of carbonyl (C=O) groups is 2. The zero-order valence-corrected chi connectivity index (χ0v) is 45.0. The zero-order valence-electron chi connectivity index (χ0n) is 45.0. The van der Waals surface area contributed by atoms with Crippen LogP contribution in [0.25, 0.3) is 0 Å². The van der Waals surface area contributed by atoms with E-state index >= 15 is 0 Å². The fraction of sp³-hybridized carbons (Fsp3) is 0.714. The molecule has 8 heteroatoms. The smallest absolute Gasteiger partial charge is 0.158 e. The number of likely N-dealkylation sites (N-methyl/N-ethyl adjacent to an activating group) is 1. The predicted molar refractivity (Wildman–Crippen MR) is 287 cm³/mol. The van der Waals surface area contributed by atoms with Gasteiger partial charge < -0.3 is 37.5 Å². The van der Waals surface area contributed by atoms with Gasteiger partial charge in [0.2, 0.25) is 0 Å². The number of nitrogens with two attached hydrogens (primary N) is 3. The lowest BCUT2D eigenvalue weighted by Gasteiger charge is -2.42. The van der Waals surface area contributed by atoms with E-state index < -0.39 is 0 Å². The molecule has 0 radical (unpaired) electrons. The van der Waals surface area contributed by atoms with Crippen molar-refractivity contribution < 1.29 is 9.59 Å². The van der Waals surface area contributed by atoms with E-state index in [1.54, 1.807) is 6.92 Å². The number of rotatable bonds is 17. The first kappa shape index (κ1) is 67.4. The number of aldehydes is 1. The Labute approximate surface area is 398 Å². The van der Waals surface area contributed by atoms with Crippen LogP contribution in [0.3, 0.4) is 0 Å². The van der Waals surface area contributed by atoms with E-state index in [-0.39, 0.29) is 17.9 Å². The average molecular weight is 898 g/mol. The SMILES string of the molecule is C=C(C)C(=O)CC(C)CCCC.C=C(N)C1[C@@H]2[C@H](CN1C(=C)C(N)C1CC3/C=C\C=CCC(C3)C1)C2(C)C.C=CCNC.C=CNC(CCCC)C(C)(C)C.CC.CC.CC=O.CN. The molecule has 8 nitrogen and oxygen atoms in total. The highest BCUT2D eigenvalue weighted by molar-refractivity contribution is 5.94. The quantitative estimate of drug-likeness (QED) is 0.0552. The number of allylic oxidation sites excluding steroid dienone is 5. The van der Waals surface area contributed by atoms with Crippen LogP contribution >= 0.6 is 0 Å².